The number of carbonyl (C=O) groups is 1. The zero-order chi connectivity index (χ0) is 14.6. The van der Waals surface area contributed by atoms with Gasteiger partial charge in [-0.15, -0.1) is 0 Å². The van der Waals surface area contributed by atoms with E-state index in [9.17, 15) is 4.79 Å². The minimum atomic E-state index is -0.754. The van der Waals surface area contributed by atoms with Crippen molar-refractivity contribution in [3.63, 3.8) is 0 Å². The average molecular weight is 275 g/mol. The molecule has 1 heterocycles. The summed E-state index contributed by atoms with van der Waals surface area (Å²) in [6.45, 7) is 7.71. The third kappa shape index (κ3) is 3.40. The van der Waals surface area contributed by atoms with E-state index in [0.29, 0.717) is 5.41 Å². The Bertz CT molecular complexity index is 466. The summed E-state index contributed by atoms with van der Waals surface area (Å²) in [6.07, 6.45) is 3.85. The third-order valence-electron chi connectivity index (χ3n) is 4.87. The number of nitrogens with zero attached hydrogens (tertiary/aromatic N) is 1. The molecule has 0 amide bonds. The van der Waals surface area contributed by atoms with Gasteiger partial charge in [0.15, 0.2) is 0 Å². The van der Waals surface area contributed by atoms with E-state index >= 15 is 0 Å². The summed E-state index contributed by atoms with van der Waals surface area (Å²) in [4.78, 5) is 13.4. The molecule has 0 unspecified atom stereocenters. The minimum Gasteiger partial charge on any atom is -0.481 e. The van der Waals surface area contributed by atoms with Gasteiger partial charge in [0.1, 0.15) is 0 Å². The maximum Gasteiger partial charge on any atom is 0.307 e. The summed E-state index contributed by atoms with van der Waals surface area (Å²) in [5, 5.41) is 9.00. The van der Waals surface area contributed by atoms with Crippen LogP contribution in [0.2, 0.25) is 0 Å². The second-order valence-electron chi connectivity index (χ2n) is 6.01. The molecule has 2 rings (SSSR count). The number of benzene rings is 1. The van der Waals surface area contributed by atoms with Crippen LogP contribution >= 0.6 is 0 Å². The van der Waals surface area contributed by atoms with Gasteiger partial charge in [-0.1, -0.05) is 38.1 Å². The van der Waals surface area contributed by atoms with Crippen LogP contribution < -0.4 is 0 Å². The molecule has 1 aromatic carbocycles. The SMILES string of the molecule is CCC1(CC)CCN(Cc2ccccc2CC(=O)O)C1. The zero-order valence-corrected chi connectivity index (χ0v) is 12.6. The predicted molar refractivity (Wildman–Crippen MR) is 80.7 cm³/mol. The molecule has 1 aliphatic rings. The second kappa shape index (κ2) is 6.40. The van der Waals surface area contributed by atoms with E-state index in [1.165, 1.54) is 19.3 Å². The largest absolute Gasteiger partial charge is 0.481 e. The Labute approximate surface area is 121 Å². The number of hydrogen-bond donors (Lipinski definition) is 1. The van der Waals surface area contributed by atoms with E-state index in [-0.39, 0.29) is 6.42 Å². The third-order valence-corrected chi connectivity index (χ3v) is 4.87. The van der Waals surface area contributed by atoms with E-state index in [2.05, 4.69) is 24.8 Å². The van der Waals surface area contributed by atoms with Gasteiger partial charge in [-0.2, -0.15) is 0 Å². The molecule has 110 valence electrons. The highest BCUT2D eigenvalue weighted by Crippen LogP contribution is 2.37. The standard InChI is InChI=1S/C17H25NO2/c1-3-17(4-2)9-10-18(13-17)12-15-8-6-5-7-14(15)11-16(19)20/h5-8H,3-4,9-13H2,1-2H3,(H,19,20). The first-order valence-corrected chi connectivity index (χ1v) is 7.59. The number of likely N-dealkylation sites (tertiary alicyclic amines) is 1. The van der Waals surface area contributed by atoms with Crippen molar-refractivity contribution in [2.45, 2.75) is 46.1 Å². The van der Waals surface area contributed by atoms with Crippen LogP contribution in [0.3, 0.4) is 0 Å². The quantitative estimate of drug-likeness (QED) is 0.865. The lowest BCUT2D eigenvalue weighted by Gasteiger charge is -2.26. The number of hydrogen-bond acceptors (Lipinski definition) is 2. The molecule has 1 aromatic rings. The fourth-order valence-electron chi connectivity index (χ4n) is 3.28. The van der Waals surface area contributed by atoms with Gasteiger partial charge in [-0.3, -0.25) is 9.69 Å². The van der Waals surface area contributed by atoms with Gasteiger partial charge in [0.25, 0.3) is 0 Å². The van der Waals surface area contributed by atoms with Crippen LogP contribution in [0.4, 0.5) is 0 Å². The van der Waals surface area contributed by atoms with Gasteiger partial charge >= 0.3 is 5.97 Å². The predicted octanol–water partition coefficient (Wildman–Crippen LogP) is 3.33. The Kier molecular flexibility index (Phi) is 4.81. The number of carboxylic acid groups (broad SMARTS) is 1. The molecule has 0 bridgehead atoms. The molecule has 1 N–H and O–H groups in total. The van der Waals surface area contributed by atoms with Gasteiger partial charge in [0.2, 0.25) is 0 Å². The Morgan fingerprint density at radius 1 is 1.25 bits per heavy atom. The zero-order valence-electron chi connectivity index (χ0n) is 12.6. The van der Waals surface area contributed by atoms with Crippen molar-refractivity contribution in [2.75, 3.05) is 13.1 Å². The minimum absolute atomic E-state index is 0.122. The van der Waals surface area contributed by atoms with Crippen molar-refractivity contribution in [1.82, 2.24) is 4.90 Å². The molecule has 0 aliphatic carbocycles. The van der Waals surface area contributed by atoms with Crippen LogP contribution in [0.25, 0.3) is 0 Å². The monoisotopic (exact) mass is 275 g/mol. The Balaban J connectivity index is 2.06. The summed E-state index contributed by atoms with van der Waals surface area (Å²) in [7, 11) is 0. The maximum atomic E-state index is 10.9. The lowest BCUT2D eigenvalue weighted by molar-refractivity contribution is -0.136. The van der Waals surface area contributed by atoms with Crippen molar-refractivity contribution >= 4 is 5.97 Å². The Morgan fingerprint density at radius 3 is 2.45 bits per heavy atom. The molecule has 0 saturated carbocycles. The smallest absolute Gasteiger partial charge is 0.307 e. The van der Waals surface area contributed by atoms with Gasteiger partial charge in [0, 0.05) is 13.1 Å². The lowest BCUT2D eigenvalue weighted by Crippen LogP contribution is -2.26. The highest BCUT2D eigenvalue weighted by molar-refractivity contribution is 5.70. The summed E-state index contributed by atoms with van der Waals surface area (Å²) >= 11 is 0. The molecular weight excluding hydrogens is 250 g/mol. The average Bonchev–Trinajstić information content (AvgIpc) is 2.84. The second-order valence-corrected chi connectivity index (χ2v) is 6.01. The van der Waals surface area contributed by atoms with Crippen molar-refractivity contribution < 1.29 is 9.90 Å². The molecule has 0 radical (unpaired) electrons. The lowest BCUT2D eigenvalue weighted by atomic mass is 9.82. The molecule has 0 aromatic heterocycles. The van der Waals surface area contributed by atoms with Crippen LogP contribution in [0.1, 0.15) is 44.2 Å². The number of carboxylic acids is 1. The van der Waals surface area contributed by atoms with Crippen molar-refractivity contribution in [2.24, 2.45) is 5.41 Å². The van der Waals surface area contributed by atoms with E-state index < -0.39 is 5.97 Å². The van der Waals surface area contributed by atoms with E-state index in [0.717, 1.165) is 30.8 Å². The van der Waals surface area contributed by atoms with Crippen LogP contribution in [0.15, 0.2) is 24.3 Å². The molecule has 1 fully saturated rings. The molecule has 1 aliphatic heterocycles. The van der Waals surface area contributed by atoms with Gasteiger partial charge in [-0.25, -0.2) is 0 Å². The summed E-state index contributed by atoms with van der Waals surface area (Å²) < 4.78 is 0. The van der Waals surface area contributed by atoms with Crippen molar-refractivity contribution in [3.05, 3.63) is 35.4 Å². The first kappa shape index (κ1) is 15.0. The topological polar surface area (TPSA) is 40.5 Å². The van der Waals surface area contributed by atoms with Crippen LogP contribution in [-0.2, 0) is 17.8 Å². The van der Waals surface area contributed by atoms with Crippen molar-refractivity contribution in [3.8, 4) is 0 Å². The Morgan fingerprint density at radius 2 is 1.90 bits per heavy atom. The van der Waals surface area contributed by atoms with Gasteiger partial charge in [0.05, 0.1) is 6.42 Å². The van der Waals surface area contributed by atoms with Gasteiger partial charge in [-0.05, 0) is 42.3 Å². The summed E-state index contributed by atoms with van der Waals surface area (Å²) in [6, 6.07) is 7.93. The Hall–Kier alpha value is -1.35. The number of aliphatic carboxylic acids is 1. The molecule has 0 atom stereocenters. The van der Waals surface area contributed by atoms with E-state index in [1.54, 1.807) is 0 Å². The normalized spacial score (nSPS) is 18.3. The highest BCUT2D eigenvalue weighted by atomic mass is 16.4. The van der Waals surface area contributed by atoms with Gasteiger partial charge < -0.3 is 5.11 Å². The molecule has 1 saturated heterocycles. The van der Waals surface area contributed by atoms with Crippen LogP contribution in [0.5, 0.6) is 0 Å². The molecular formula is C17H25NO2. The van der Waals surface area contributed by atoms with Crippen molar-refractivity contribution in [1.29, 1.82) is 0 Å². The first-order chi connectivity index (χ1) is 9.58. The van der Waals surface area contributed by atoms with Crippen LogP contribution in [-0.4, -0.2) is 29.1 Å². The summed E-state index contributed by atoms with van der Waals surface area (Å²) in [5.41, 5.74) is 2.59. The fraction of sp³-hybridized carbons (Fsp3) is 0.588. The fourth-order valence-corrected chi connectivity index (χ4v) is 3.28. The molecule has 3 nitrogen and oxygen atoms in total. The number of rotatable bonds is 6. The summed E-state index contributed by atoms with van der Waals surface area (Å²) in [5.74, 6) is -0.754. The molecule has 0 spiro atoms. The molecule has 20 heavy (non-hydrogen) atoms. The van der Waals surface area contributed by atoms with E-state index in [1.807, 2.05) is 18.2 Å². The highest BCUT2D eigenvalue weighted by Gasteiger charge is 2.34. The van der Waals surface area contributed by atoms with E-state index in [4.69, 9.17) is 5.11 Å². The maximum absolute atomic E-state index is 10.9. The first-order valence-electron chi connectivity index (χ1n) is 7.59. The molecule has 3 heteroatoms. The van der Waals surface area contributed by atoms with Crippen LogP contribution in [0, 0.1) is 5.41 Å².